The zero-order chi connectivity index (χ0) is 33.2. The van der Waals surface area contributed by atoms with Gasteiger partial charge in [0, 0.05) is 6.08 Å². The summed E-state index contributed by atoms with van der Waals surface area (Å²) in [6.45, 7) is 0.120. The Balaban J connectivity index is 1.18. The van der Waals surface area contributed by atoms with Gasteiger partial charge in [0.05, 0.1) is 31.8 Å². The number of carbonyl (C=O) groups is 1. The van der Waals surface area contributed by atoms with Crippen molar-refractivity contribution >= 4 is 23.0 Å². The summed E-state index contributed by atoms with van der Waals surface area (Å²) < 4.78 is 37.7. The zero-order valence-electron chi connectivity index (χ0n) is 24.7. The molecule has 0 aliphatic carbocycles. The Hall–Kier alpha value is -4.06. The van der Waals surface area contributed by atoms with Crippen molar-refractivity contribution in [3.8, 4) is 17.2 Å². The summed E-state index contributed by atoms with van der Waals surface area (Å²) in [5.41, 5.74) is -1.32. The van der Waals surface area contributed by atoms with Crippen molar-refractivity contribution in [2.75, 3.05) is 26.9 Å². The summed E-state index contributed by atoms with van der Waals surface area (Å²) in [6.07, 6.45) is -8.68. The van der Waals surface area contributed by atoms with Crippen LogP contribution in [0.1, 0.15) is 11.1 Å². The van der Waals surface area contributed by atoms with E-state index in [4.69, 9.17) is 32.8 Å². The molecule has 15 heteroatoms. The minimum Gasteiger partial charge on any atom is -0.504 e. The van der Waals surface area contributed by atoms with Gasteiger partial charge in [-0.2, -0.15) is 0 Å². The lowest BCUT2D eigenvalue weighted by Crippen LogP contribution is -2.60. The second kappa shape index (κ2) is 13.7. The molecule has 2 fully saturated rings. The van der Waals surface area contributed by atoms with Crippen LogP contribution in [0.5, 0.6) is 17.2 Å². The standard InChI is InChI=1S/C31H34O15/c1-15-4-3-5-18-24(15)20(11-23(34)44-18)45-29-27(37)26(36)25(35)21(46-29)12-41-30-28(38)31(39,14-43-30)13-42-22(33)9-7-16-6-8-17(32)19(10-16)40-2/h3-11,21,25-30,32,35-39H,12-14H2,1-2H3/t21-,25-,26+,27-,28+,29-,30-,31-/m1/s1. The summed E-state index contributed by atoms with van der Waals surface area (Å²) in [7, 11) is 1.38. The van der Waals surface area contributed by atoms with Gasteiger partial charge in [0.2, 0.25) is 6.29 Å². The molecule has 6 N–H and O–H groups in total. The maximum Gasteiger partial charge on any atom is 0.339 e. The molecule has 8 atom stereocenters. The molecule has 1 aromatic heterocycles. The molecule has 0 radical (unpaired) electrons. The van der Waals surface area contributed by atoms with Crippen LogP contribution >= 0.6 is 0 Å². The Labute approximate surface area is 261 Å². The van der Waals surface area contributed by atoms with Gasteiger partial charge in [-0.15, -0.1) is 0 Å². The van der Waals surface area contributed by atoms with Gasteiger partial charge in [0.1, 0.15) is 48.5 Å². The van der Waals surface area contributed by atoms with Gasteiger partial charge in [-0.05, 0) is 42.3 Å². The second-order valence-electron chi connectivity index (χ2n) is 10.9. The topological polar surface area (TPSA) is 224 Å². The molecule has 248 valence electrons. The molecule has 0 bridgehead atoms. The van der Waals surface area contributed by atoms with E-state index in [0.29, 0.717) is 16.5 Å². The third kappa shape index (κ3) is 7.01. The molecule has 3 aromatic rings. The highest BCUT2D eigenvalue weighted by Gasteiger charge is 2.51. The highest BCUT2D eigenvalue weighted by Crippen LogP contribution is 2.32. The van der Waals surface area contributed by atoms with Gasteiger partial charge in [-0.1, -0.05) is 18.2 Å². The number of fused-ring (bicyclic) bond motifs is 1. The quantitative estimate of drug-likeness (QED) is 0.0947. The Morgan fingerprint density at radius 1 is 1.04 bits per heavy atom. The fraction of sp³-hybridized carbons (Fsp3) is 0.419. The van der Waals surface area contributed by atoms with Crippen LogP contribution in [-0.4, -0.2) is 112 Å². The van der Waals surface area contributed by atoms with Crippen LogP contribution in [-0.2, 0) is 23.7 Å². The molecule has 0 unspecified atom stereocenters. The fourth-order valence-electron chi connectivity index (χ4n) is 5.05. The first-order valence-corrected chi connectivity index (χ1v) is 14.2. The second-order valence-corrected chi connectivity index (χ2v) is 10.9. The minimum atomic E-state index is -2.05. The maximum atomic E-state index is 12.2. The molecule has 3 heterocycles. The number of aryl methyl sites for hydroxylation is 1. The summed E-state index contributed by atoms with van der Waals surface area (Å²) in [4.78, 5) is 24.3. The third-order valence-corrected chi connectivity index (χ3v) is 7.66. The molecule has 0 saturated carbocycles. The molecular weight excluding hydrogens is 612 g/mol. The van der Waals surface area contributed by atoms with E-state index in [1.807, 2.05) is 0 Å². The SMILES string of the molecule is COc1cc(C=CC(=O)OC[C@@]2(O)CO[C@@H](OC[C@H]3O[C@@H](Oc4cc(=O)oc5cccc(C)c45)[C@H](O)[C@@H](O)[C@@H]3O)[C@@H]2O)ccc1O. The van der Waals surface area contributed by atoms with Crippen LogP contribution in [0.15, 0.2) is 57.8 Å². The third-order valence-electron chi connectivity index (χ3n) is 7.66. The molecule has 0 amide bonds. The van der Waals surface area contributed by atoms with Gasteiger partial charge in [0.25, 0.3) is 0 Å². The van der Waals surface area contributed by atoms with Crippen molar-refractivity contribution in [1.82, 2.24) is 0 Å². The van der Waals surface area contributed by atoms with E-state index in [1.165, 1.54) is 31.4 Å². The molecule has 0 spiro atoms. The predicted molar refractivity (Wildman–Crippen MR) is 156 cm³/mol. The van der Waals surface area contributed by atoms with Crippen molar-refractivity contribution in [2.24, 2.45) is 0 Å². The van der Waals surface area contributed by atoms with E-state index in [1.54, 1.807) is 25.1 Å². The monoisotopic (exact) mass is 646 g/mol. The van der Waals surface area contributed by atoms with E-state index >= 15 is 0 Å². The largest absolute Gasteiger partial charge is 0.504 e. The summed E-state index contributed by atoms with van der Waals surface area (Å²) >= 11 is 0. The first-order chi connectivity index (χ1) is 21.9. The number of phenolic OH excluding ortho intramolecular Hbond substituents is 1. The molecular formula is C31H34O15. The van der Waals surface area contributed by atoms with E-state index in [0.717, 1.165) is 12.1 Å². The van der Waals surface area contributed by atoms with Gasteiger partial charge >= 0.3 is 11.6 Å². The number of methoxy groups -OCH3 is 1. The number of aromatic hydroxyl groups is 1. The number of ether oxygens (including phenoxy) is 6. The molecule has 2 aliphatic heterocycles. The Morgan fingerprint density at radius 3 is 2.59 bits per heavy atom. The molecule has 2 saturated heterocycles. The first kappa shape index (κ1) is 33.3. The maximum absolute atomic E-state index is 12.2. The van der Waals surface area contributed by atoms with Crippen LogP contribution in [0, 0.1) is 6.92 Å². The van der Waals surface area contributed by atoms with E-state index in [9.17, 15) is 40.2 Å². The number of benzene rings is 2. The van der Waals surface area contributed by atoms with Crippen molar-refractivity contribution in [3.63, 3.8) is 0 Å². The van der Waals surface area contributed by atoms with Gasteiger partial charge in [-0.25, -0.2) is 9.59 Å². The van der Waals surface area contributed by atoms with E-state index in [2.05, 4.69) is 0 Å². The van der Waals surface area contributed by atoms with Crippen LogP contribution < -0.4 is 15.1 Å². The van der Waals surface area contributed by atoms with Crippen molar-refractivity contribution in [2.45, 2.75) is 55.6 Å². The zero-order valence-corrected chi connectivity index (χ0v) is 24.7. The van der Waals surface area contributed by atoms with Gasteiger partial charge in [-0.3, -0.25) is 0 Å². The normalized spacial score (nSPS) is 29.7. The smallest absolute Gasteiger partial charge is 0.339 e. The number of aliphatic hydroxyl groups is 5. The summed E-state index contributed by atoms with van der Waals surface area (Å²) in [6, 6.07) is 10.5. The number of hydrogen-bond acceptors (Lipinski definition) is 15. The van der Waals surface area contributed by atoms with Gasteiger partial charge in [0.15, 0.2) is 23.4 Å². The van der Waals surface area contributed by atoms with Crippen LogP contribution in [0.4, 0.5) is 0 Å². The Bertz CT molecular complexity index is 1640. The van der Waals surface area contributed by atoms with E-state index in [-0.39, 0.29) is 22.8 Å². The lowest BCUT2D eigenvalue weighted by Gasteiger charge is -2.40. The summed E-state index contributed by atoms with van der Waals surface area (Å²) in [5, 5.41) is 63.3. The molecule has 15 nitrogen and oxygen atoms in total. The van der Waals surface area contributed by atoms with Gasteiger partial charge < -0.3 is 63.5 Å². The Kier molecular flexibility index (Phi) is 9.95. The van der Waals surface area contributed by atoms with Crippen LogP contribution in [0.25, 0.3) is 17.0 Å². The number of aliphatic hydroxyl groups excluding tert-OH is 4. The Morgan fingerprint density at radius 2 is 1.83 bits per heavy atom. The van der Waals surface area contributed by atoms with Crippen molar-refractivity contribution in [1.29, 1.82) is 0 Å². The number of hydrogen-bond donors (Lipinski definition) is 6. The average molecular weight is 647 g/mol. The summed E-state index contributed by atoms with van der Waals surface area (Å²) in [5.74, 6) is -0.692. The highest BCUT2D eigenvalue weighted by atomic mass is 16.7. The average Bonchev–Trinajstić information content (AvgIpc) is 3.31. The fourth-order valence-corrected chi connectivity index (χ4v) is 5.05. The highest BCUT2D eigenvalue weighted by molar-refractivity contribution is 5.87. The molecule has 46 heavy (non-hydrogen) atoms. The lowest BCUT2D eigenvalue weighted by molar-refractivity contribution is -0.289. The van der Waals surface area contributed by atoms with E-state index < -0.39 is 80.1 Å². The van der Waals surface area contributed by atoms with Crippen molar-refractivity contribution < 1.29 is 68.3 Å². The van der Waals surface area contributed by atoms with Crippen molar-refractivity contribution in [3.05, 3.63) is 70.1 Å². The number of carbonyl (C=O) groups excluding carboxylic acids is 1. The first-order valence-electron chi connectivity index (χ1n) is 14.2. The lowest BCUT2D eigenvalue weighted by atomic mass is 9.99. The van der Waals surface area contributed by atoms with Crippen LogP contribution in [0.2, 0.25) is 0 Å². The number of rotatable bonds is 10. The number of esters is 1. The van der Waals surface area contributed by atoms with Crippen LogP contribution in [0.3, 0.4) is 0 Å². The molecule has 2 aromatic carbocycles. The molecule has 5 rings (SSSR count). The minimum absolute atomic E-state index is 0.0171. The number of phenols is 1. The predicted octanol–water partition coefficient (Wildman–Crippen LogP) is -0.276. The molecule has 2 aliphatic rings.